The zero-order valence-electron chi connectivity index (χ0n) is 7.95. The molecule has 68 valence electrons. The molecule has 0 amide bonds. The summed E-state index contributed by atoms with van der Waals surface area (Å²) in [6.07, 6.45) is 0. The van der Waals surface area contributed by atoms with Crippen molar-refractivity contribution in [1.82, 2.24) is 0 Å². The van der Waals surface area contributed by atoms with Gasteiger partial charge in [0, 0.05) is 11.5 Å². The minimum atomic E-state index is 0.369. The molecule has 0 N–H and O–H groups in total. The molecule has 2 heteroatoms. The van der Waals surface area contributed by atoms with Crippen molar-refractivity contribution in [3.8, 4) is 0 Å². The Bertz CT molecular complexity index is 342. The van der Waals surface area contributed by atoms with Crippen LogP contribution in [0, 0.1) is 5.92 Å². The summed E-state index contributed by atoms with van der Waals surface area (Å²) < 4.78 is 5.52. The molecule has 0 unspecified atom stereocenters. The van der Waals surface area contributed by atoms with Gasteiger partial charge >= 0.3 is 0 Å². The molecule has 0 saturated heterocycles. The lowest BCUT2D eigenvalue weighted by molar-refractivity contribution is 0.268. The van der Waals surface area contributed by atoms with Gasteiger partial charge in [0.25, 0.3) is 0 Å². The van der Waals surface area contributed by atoms with Crippen molar-refractivity contribution in [2.75, 3.05) is 0 Å². The quantitative estimate of drug-likeness (QED) is 0.643. The van der Waals surface area contributed by atoms with Crippen molar-refractivity contribution in [3.05, 3.63) is 29.8 Å². The molecule has 1 aliphatic rings. The van der Waals surface area contributed by atoms with E-state index in [1.165, 1.54) is 5.56 Å². The van der Waals surface area contributed by atoms with E-state index >= 15 is 0 Å². The van der Waals surface area contributed by atoms with Crippen LogP contribution in [0.1, 0.15) is 19.4 Å². The molecular formula is C11H13NO. The average Bonchev–Trinajstić information content (AvgIpc) is 2.17. The lowest BCUT2D eigenvalue weighted by Gasteiger charge is -2.18. The van der Waals surface area contributed by atoms with Gasteiger partial charge in [-0.05, 0) is 6.07 Å². The van der Waals surface area contributed by atoms with Crippen LogP contribution in [0.2, 0.25) is 0 Å². The molecule has 2 rings (SSSR count). The largest absolute Gasteiger partial charge is 0.476 e. The second-order valence-electron chi connectivity index (χ2n) is 3.52. The topological polar surface area (TPSA) is 21.6 Å². The van der Waals surface area contributed by atoms with E-state index in [1.54, 1.807) is 0 Å². The minimum absolute atomic E-state index is 0.369. The van der Waals surface area contributed by atoms with Crippen LogP contribution in [0.5, 0.6) is 0 Å². The number of nitrogens with zero attached hydrogens (tertiary/aromatic N) is 1. The summed E-state index contributed by atoms with van der Waals surface area (Å²) in [7, 11) is 0. The van der Waals surface area contributed by atoms with Crippen LogP contribution in [0.15, 0.2) is 29.3 Å². The van der Waals surface area contributed by atoms with Crippen molar-refractivity contribution in [1.29, 1.82) is 0 Å². The minimum Gasteiger partial charge on any atom is -0.476 e. The van der Waals surface area contributed by atoms with E-state index in [9.17, 15) is 0 Å². The van der Waals surface area contributed by atoms with Crippen LogP contribution in [0.3, 0.4) is 0 Å². The zero-order chi connectivity index (χ0) is 9.26. The van der Waals surface area contributed by atoms with Gasteiger partial charge in [-0.25, -0.2) is 4.99 Å². The van der Waals surface area contributed by atoms with Gasteiger partial charge in [-0.2, -0.15) is 0 Å². The molecule has 1 aromatic rings. The van der Waals surface area contributed by atoms with E-state index in [4.69, 9.17) is 4.74 Å². The number of hydrogen-bond acceptors (Lipinski definition) is 2. The maximum absolute atomic E-state index is 5.52. The Morgan fingerprint density at radius 3 is 2.85 bits per heavy atom. The van der Waals surface area contributed by atoms with Crippen LogP contribution in [0.4, 0.5) is 5.69 Å². The molecule has 13 heavy (non-hydrogen) atoms. The van der Waals surface area contributed by atoms with E-state index < -0.39 is 0 Å². The van der Waals surface area contributed by atoms with Crippen LogP contribution in [-0.2, 0) is 11.3 Å². The van der Waals surface area contributed by atoms with Gasteiger partial charge in [0.1, 0.15) is 6.61 Å². The van der Waals surface area contributed by atoms with E-state index in [0.29, 0.717) is 12.5 Å². The van der Waals surface area contributed by atoms with Crippen molar-refractivity contribution in [2.24, 2.45) is 10.9 Å². The van der Waals surface area contributed by atoms with Gasteiger partial charge in [-0.3, -0.25) is 0 Å². The Balaban J connectivity index is 2.38. The van der Waals surface area contributed by atoms with Gasteiger partial charge < -0.3 is 4.74 Å². The lowest BCUT2D eigenvalue weighted by atomic mass is 10.1. The molecule has 0 bridgehead atoms. The Labute approximate surface area is 78.3 Å². The summed E-state index contributed by atoms with van der Waals surface area (Å²) in [4.78, 5) is 4.44. The normalized spacial score (nSPS) is 14.8. The number of para-hydroxylation sites is 1. The molecule has 0 spiro atoms. The SMILES string of the molecule is CC(C)C1=Nc2ccccc2CO1. The molecule has 1 aromatic carbocycles. The summed E-state index contributed by atoms with van der Waals surface area (Å²) >= 11 is 0. The maximum atomic E-state index is 5.52. The molecule has 0 saturated carbocycles. The maximum Gasteiger partial charge on any atom is 0.191 e. The summed E-state index contributed by atoms with van der Waals surface area (Å²) in [5.41, 5.74) is 2.23. The van der Waals surface area contributed by atoms with E-state index in [0.717, 1.165) is 11.6 Å². The lowest BCUT2D eigenvalue weighted by Crippen LogP contribution is -2.15. The molecule has 0 aliphatic carbocycles. The van der Waals surface area contributed by atoms with Crippen LogP contribution in [0.25, 0.3) is 0 Å². The van der Waals surface area contributed by atoms with Crippen LogP contribution < -0.4 is 0 Å². The summed E-state index contributed by atoms with van der Waals surface area (Å²) in [6, 6.07) is 8.10. The zero-order valence-corrected chi connectivity index (χ0v) is 7.95. The van der Waals surface area contributed by atoms with E-state index in [2.05, 4.69) is 24.9 Å². The first kappa shape index (κ1) is 8.30. The van der Waals surface area contributed by atoms with Gasteiger partial charge in [0.05, 0.1) is 5.69 Å². The number of aliphatic imine (C=N–C) groups is 1. The second-order valence-corrected chi connectivity index (χ2v) is 3.52. The average molecular weight is 175 g/mol. The summed E-state index contributed by atoms with van der Waals surface area (Å²) in [5.74, 6) is 1.21. The van der Waals surface area contributed by atoms with Crippen molar-refractivity contribution < 1.29 is 4.74 Å². The third-order valence-corrected chi connectivity index (χ3v) is 2.09. The third kappa shape index (κ3) is 1.57. The van der Waals surface area contributed by atoms with Crippen molar-refractivity contribution in [2.45, 2.75) is 20.5 Å². The highest BCUT2D eigenvalue weighted by molar-refractivity contribution is 5.82. The first-order valence-corrected chi connectivity index (χ1v) is 4.56. The highest BCUT2D eigenvalue weighted by atomic mass is 16.5. The standard InChI is InChI=1S/C11H13NO/c1-8(2)11-12-10-6-4-3-5-9(10)7-13-11/h3-6,8H,7H2,1-2H3. The molecule has 0 radical (unpaired) electrons. The number of fused-ring (bicyclic) bond motifs is 1. The fourth-order valence-electron chi connectivity index (χ4n) is 1.34. The molecule has 0 aromatic heterocycles. The Hall–Kier alpha value is -1.31. The van der Waals surface area contributed by atoms with E-state index in [1.807, 2.05) is 18.2 Å². The van der Waals surface area contributed by atoms with Gasteiger partial charge in [0.2, 0.25) is 0 Å². The third-order valence-electron chi connectivity index (χ3n) is 2.09. The smallest absolute Gasteiger partial charge is 0.191 e. The summed E-state index contributed by atoms with van der Waals surface area (Å²) in [5, 5.41) is 0. The Kier molecular flexibility index (Phi) is 2.05. The molecule has 1 aliphatic heterocycles. The molecular weight excluding hydrogens is 162 g/mol. The summed E-state index contributed by atoms with van der Waals surface area (Å²) in [6.45, 7) is 4.84. The molecule has 1 heterocycles. The van der Waals surface area contributed by atoms with Gasteiger partial charge in [-0.15, -0.1) is 0 Å². The predicted octanol–water partition coefficient (Wildman–Crippen LogP) is 2.90. The van der Waals surface area contributed by atoms with Gasteiger partial charge in [-0.1, -0.05) is 32.0 Å². The van der Waals surface area contributed by atoms with Crippen molar-refractivity contribution in [3.63, 3.8) is 0 Å². The first-order chi connectivity index (χ1) is 6.27. The fourth-order valence-corrected chi connectivity index (χ4v) is 1.34. The Morgan fingerprint density at radius 1 is 1.31 bits per heavy atom. The highest BCUT2D eigenvalue weighted by Gasteiger charge is 2.14. The number of ether oxygens (including phenoxy) is 1. The number of hydrogen-bond donors (Lipinski definition) is 0. The number of rotatable bonds is 1. The Morgan fingerprint density at radius 2 is 2.08 bits per heavy atom. The van der Waals surface area contributed by atoms with Crippen LogP contribution in [-0.4, -0.2) is 5.90 Å². The predicted molar refractivity (Wildman–Crippen MR) is 53.2 cm³/mol. The fraction of sp³-hybridized carbons (Fsp3) is 0.364. The number of benzene rings is 1. The van der Waals surface area contributed by atoms with E-state index in [-0.39, 0.29) is 0 Å². The van der Waals surface area contributed by atoms with Crippen molar-refractivity contribution >= 4 is 11.6 Å². The monoisotopic (exact) mass is 175 g/mol. The molecule has 0 atom stereocenters. The molecule has 2 nitrogen and oxygen atoms in total. The second kappa shape index (κ2) is 3.21. The first-order valence-electron chi connectivity index (χ1n) is 4.56. The van der Waals surface area contributed by atoms with Gasteiger partial charge in [0.15, 0.2) is 5.90 Å². The molecule has 0 fully saturated rings. The van der Waals surface area contributed by atoms with Crippen LogP contribution >= 0.6 is 0 Å². The highest BCUT2D eigenvalue weighted by Crippen LogP contribution is 2.25.